The first-order valence-electron chi connectivity index (χ1n) is 11.4. The van der Waals surface area contributed by atoms with Crippen LogP contribution in [0, 0.1) is 5.92 Å². The van der Waals surface area contributed by atoms with Crippen LogP contribution < -0.4 is 4.74 Å². The molecule has 4 rings (SSSR count). The molecular weight excluding hydrogens is 358 g/mol. The van der Waals surface area contributed by atoms with Gasteiger partial charge in [0.15, 0.2) is 0 Å². The van der Waals surface area contributed by atoms with Crippen LogP contribution in [-0.2, 0) is 13.0 Å². The van der Waals surface area contributed by atoms with Crippen molar-refractivity contribution in [1.29, 1.82) is 0 Å². The summed E-state index contributed by atoms with van der Waals surface area (Å²) in [5.74, 6) is 1.71. The number of nitrogens with zero attached hydrogens (tertiary/aromatic N) is 3. The second-order valence-corrected chi connectivity index (χ2v) is 8.64. The molecule has 4 nitrogen and oxygen atoms in total. The molecular formula is C25H35N3O. The Morgan fingerprint density at radius 1 is 0.862 bits per heavy atom. The highest BCUT2D eigenvalue weighted by Gasteiger charge is 2.27. The van der Waals surface area contributed by atoms with E-state index in [1.54, 1.807) is 12.4 Å². The van der Waals surface area contributed by atoms with Gasteiger partial charge in [0.1, 0.15) is 12.4 Å². The normalized spacial score (nSPS) is 20.0. The van der Waals surface area contributed by atoms with E-state index in [0.29, 0.717) is 6.61 Å². The van der Waals surface area contributed by atoms with Gasteiger partial charge in [-0.15, -0.1) is 0 Å². The van der Waals surface area contributed by atoms with Crippen molar-refractivity contribution >= 4 is 0 Å². The molecule has 2 fully saturated rings. The van der Waals surface area contributed by atoms with Crippen LogP contribution in [0.2, 0.25) is 0 Å². The molecule has 2 saturated heterocycles. The third-order valence-corrected chi connectivity index (χ3v) is 6.77. The molecule has 0 aliphatic carbocycles. The molecule has 0 radical (unpaired) electrons. The van der Waals surface area contributed by atoms with E-state index in [2.05, 4.69) is 46.0 Å². The van der Waals surface area contributed by atoms with Crippen molar-refractivity contribution in [3.8, 4) is 5.75 Å². The Labute approximate surface area is 175 Å². The molecule has 29 heavy (non-hydrogen) atoms. The zero-order valence-electron chi connectivity index (χ0n) is 17.8. The van der Waals surface area contributed by atoms with Gasteiger partial charge in [0, 0.05) is 18.4 Å². The molecule has 2 aliphatic rings. The molecule has 4 heteroatoms. The SMILES string of the molecule is CCN1CCC(N2CCC(Cc3ccc(COc4ccncc4)cc3)CC2)CC1. The summed E-state index contributed by atoms with van der Waals surface area (Å²) in [5.41, 5.74) is 2.69. The molecule has 0 saturated carbocycles. The Kier molecular flexibility index (Phi) is 7.18. The van der Waals surface area contributed by atoms with Crippen LogP contribution in [0.1, 0.15) is 43.7 Å². The molecule has 0 atom stereocenters. The van der Waals surface area contributed by atoms with Crippen LogP contribution in [0.3, 0.4) is 0 Å². The number of piperidine rings is 2. The van der Waals surface area contributed by atoms with Gasteiger partial charge in [-0.25, -0.2) is 0 Å². The first-order valence-corrected chi connectivity index (χ1v) is 11.4. The second kappa shape index (κ2) is 10.2. The van der Waals surface area contributed by atoms with E-state index >= 15 is 0 Å². The van der Waals surface area contributed by atoms with Crippen molar-refractivity contribution in [2.45, 2.75) is 51.7 Å². The third-order valence-electron chi connectivity index (χ3n) is 6.77. The molecule has 0 spiro atoms. The van der Waals surface area contributed by atoms with E-state index in [0.717, 1.165) is 17.7 Å². The maximum Gasteiger partial charge on any atom is 0.122 e. The minimum atomic E-state index is 0.611. The molecule has 0 bridgehead atoms. The summed E-state index contributed by atoms with van der Waals surface area (Å²) >= 11 is 0. The van der Waals surface area contributed by atoms with Gasteiger partial charge in [0.05, 0.1) is 0 Å². The Bertz CT molecular complexity index is 717. The van der Waals surface area contributed by atoms with Crippen LogP contribution in [0.15, 0.2) is 48.8 Å². The minimum absolute atomic E-state index is 0.611. The number of hydrogen-bond acceptors (Lipinski definition) is 4. The first-order chi connectivity index (χ1) is 14.3. The highest BCUT2D eigenvalue weighted by molar-refractivity contribution is 5.24. The Morgan fingerprint density at radius 3 is 2.17 bits per heavy atom. The summed E-state index contributed by atoms with van der Waals surface area (Å²) in [6.45, 7) is 9.27. The largest absolute Gasteiger partial charge is 0.489 e. The van der Waals surface area contributed by atoms with Crippen molar-refractivity contribution < 1.29 is 4.74 Å². The zero-order chi connectivity index (χ0) is 19.9. The number of aromatic nitrogens is 1. The van der Waals surface area contributed by atoms with E-state index in [4.69, 9.17) is 4.74 Å². The van der Waals surface area contributed by atoms with Crippen molar-refractivity contribution in [2.24, 2.45) is 5.92 Å². The van der Waals surface area contributed by atoms with E-state index in [1.807, 2.05) is 12.1 Å². The number of benzene rings is 1. The smallest absolute Gasteiger partial charge is 0.122 e. The first kappa shape index (κ1) is 20.4. The molecule has 2 aliphatic heterocycles. The highest BCUT2D eigenvalue weighted by Crippen LogP contribution is 2.26. The van der Waals surface area contributed by atoms with Crippen LogP contribution in [0.5, 0.6) is 5.75 Å². The fourth-order valence-corrected chi connectivity index (χ4v) is 4.83. The maximum atomic E-state index is 5.82. The van der Waals surface area contributed by atoms with Gasteiger partial charge in [-0.2, -0.15) is 0 Å². The van der Waals surface area contributed by atoms with Crippen LogP contribution >= 0.6 is 0 Å². The lowest BCUT2D eigenvalue weighted by Crippen LogP contribution is -2.47. The summed E-state index contributed by atoms with van der Waals surface area (Å²) in [6, 6.07) is 13.6. The Hall–Kier alpha value is -1.91. The second-order valence-electron chi connectivity index (χ2n) is 8.64. The molecule has 2 aromatic rings. The van der Waals surface area contributed by atoms with Crippen LogP contribution in [-0.4, -0.2) is 53.5 Å². The number of pyridine rings is 1. The molecule has 1 aromatic heterocycles. The Balaban J connectivity index is 1.19. The van der Waals surface area contributed by atoms with Crippen molar-refractivity contribution in [3.05, 3.63) is 59.9 Å². The maximum absolute atomic E-state index is 5.82. The quantitative estimate of drug-likeness (QED) is 0.697. The van der Waals surface area contributed by atoms with Crippen molar-refractivity contribution in [2.75, 3.05) is 32.7 Å². The predicted molar refractivity (Wildman–Crippen MR) is 118 cm³/mol. The molecule has 0 unspecified atom stereocenters. The molecule has 0 N–H and O–H groups in total. The van der Waals surface area contributed by atoms with Gasteiger partial charge < -0.3 is 14.5 Å². The summed E-state index contributed by atoms with van der Waals surface area (Å²) in [4.78, 5) is 9.39. The van der Waals surface area contributed by atoms with E-state index in [-0.39, 0.29) is 0 Å². The van der Waals surface area contributed by atoms with Crippen molar-refractivity contribution in [3.63, 3.8) is 0 Å². The topological polar surface area (TPSA) is 28.6 Å². The average Bonchev–Trinajstić information content (AvgIpc) is 2.80. The van der Waals surface area contributed by atoms with Gasteiger partial charge in [-0.3, -0.25) is 4.98 Å². The summed E-state index contributed by atoms with van der Waals surface area (Å²) < 4.78 is 5.82. The highest BCUT2D eigenvalue weighted by atomic mass is 16.5. The number of hydrogen-bond donors (Lipinski definition) is 0. The fourth-order valence-electron chi connectivity index (χ4n) is 4.83. The van der Waals surface area contributed by atoms with Gasteiger partial charge in [0.2, 0.25) is 0 Å². The Morgan fingerprint density at radius 2 is 1.52 bits per heavy atom. The molecule has 156 valence electrons. The summed E-state index contributed by atoms with van der Waals surface area (Å²) in [6.07, 6.45) is 10.2. The number of likely N-dealkylation sites (tertiary alicyclic amines) is 2. The average molecular weight is 394 g/mol. The minimum Gasteiger partial charge on any atom is -0.489 e. The summed E-state index contributed by atoms with van der Waals surface area (Å²) in [5, 5.41) is 0. The predicted octanol–water partition coefficient (Wildman–Crippen LogP) is 4.40. The van der Waals surface area contributed by atoms with Crippen LogP contribution in [0.25, 0.3) is 0 Å². The van der Waals surface area contributed by atoms with E-state index in [1.165, 1.54) is 76.0 Å². The van der Waals surface area contributed by atoms with Gasteiger partial charge in [-0.05, 0) is 94.0 Å². The molecule has 0 amide bonds. The van der Waals surface area contributed by atoms with Crippen LogP contribution in [0.4, 0.5) is 0 Å². The zero-order valence-corrected chi connectivity index (χ0v) is 17.8. The lowest BCUT2D eigenvalue weighted by molar-refractivity contribution is 0.0795. The number of ether oxygens (including phenoxy) is 1. The van der Waals surface area contributed by atoms with E-state index in [9.17, 15) is 0 Å². The lowest BCUT2D eigenvalue weighted by atomic mass is 9.88. The number of rotatable bonds is 7. The van der Waals surface area contributed by atoms with Gasteiger partial charge in [0.25, 0.3) is 0 Å². The third kappa shape index (κ3) is 5.80. The van der Waals surface area contributed by atoms with E-state index < -0.39 is 0 Å². The molecule has 1 aromatic carbocycles. The molecule has 3 heterocycles. The van der Waals surface area contributed by atoms with Crippen molar-refractivity contribution in [1.82, 2.24) is 14.8 Å². The van der Waals surface area contributed by atoms with Gasteiger partial charge in [-0.1, -0.05) is 31.2 Å². The van der Waals surface area contributed by atoms with Gasteiger partial charge >= 0.3 is 0 Å². The summed E-state index contributed by atoms with van der Waals surface area (Å²) in [7, 11) is 0. The standard InChI is InChI=1S/C25H35N3O/c1-2-27-15-11-24(12-16-27)28-17-9-22(10-18-28)19-21-3-5-23(6-4-21)20-29-25-7-13-26-14-8-25/h3-8,13-14,22,24H,2,9-12,15-20H2,1H3. The fraction of sp³-hybridized carbons (Fsp3) is 0.560. The lowest BCUT2D eigenvalue weighted by Gasteiger charge is -2.41. The monoisotopic (exact) mass is 393 g/mol.